The van der Waals surface area contributed by atoms with Crippen LogP contribution >= 0.6 is 11.6 Å². The van der Waals surface area contributed by atoms with Gasteiger partial charge < -0.3 is 5.73 Å². The molecule has 1 aromatic rings. The van der Waals surface area contributed by atoms with Crippen LogP contribution in [0.5, 0.6) is 0 Å². The number of benzene rings is 1. The summed E-state index contributed by atoms with van der Waals surface area (Å²) in [4.78, 5) is 0. The lowest BCUT2D eigenvalue weighted by molar-refractivity contribution is 0.624. The van der Waals surface area contributed by atoms with Crippen molar-refractivity contribution in [3.63, 3.8) is 0 Å². The smallest absolute Gasteiger partial charge is 0.142 e. The van der Waals surface area contributed by atoms with E-state index < -0.39 is 5.82 Å². The van der Waals surface area contributed by atoms with E-state index in [2.05, 4.69) is 6.58 Å². The maximum Gasteiger partial charge on any atom is 0.142 e. The minimum Gasteiger partial charge on any atom is -0.321 e. The molecular formula is C10H11ClFN. The molecule has 0 heterocycles. The molecule has 0 saturated heterocycles. The molecule has 0 aliphatic rings. The Bertz CT molecular complexity index is 336. The fourth-order valence-electron chi connectivity index (χ4n) is 0.990. The van der Waals surface area contributed by atoms with Crippen LogP contribution in [0.3, 0.4) is 0 Å². The zero-order valence-corrected chi connectivity index (χ0v) is 8.11. The number of nitrogens with two attached hydrogens (primary N) is 1. The predicted octanol–water partition coefficient (Wildman–Crippen LogP) is 3.06. The first-order chi connectivity index (χ1) is 6.02. The van der Waals surface area contributed by atoms with Crippen molar-refractivity contribution in [1.82, 2.24) is 0 Å². The number of halogens is 2. The summed E-state index contributed by atoms with van der Waals surface area (Å²) >= 11 is 5.53. The first-order valence-electron chi connectivity index (χ1n) is 3.88. The Balaban J connectivity index is 3.03. The van der Waals surface area contributed by atoms with Crippen molar-refractivity contribution < 1.29 is 4.39 Å². The van der Waals surface area contributed by atoms with Crippen LogP contribution in [-0.2, 0) is 0 Å². The lowest BCUT2D eigenvalue weighted by atomic mass is 10.0. The van der Waals surface area contributed by atoms with E-state index >= 15 is 0 Å². The number of hydrogen-bond acceptors (Lipinski definition) is 1. The highest BCUT2D eigenvalue weighted by atomic mass is 35.5. The third-order valence-electron chi connectivity index (χ3n) is 1.83. The van der Waals surface area contributed by atoms with Crippen LogP contribution in [0.1, 0.15) is 18.5 Å². The average molecular weight is 200 g/mol. The van der Waals surface area contributed by atoms with Gasteiger partial charge in [0.2, 0.25) is 0 Å². The van der Waals surface area contributed by atoms with Gasteiger partial charge in [0.15, 0.2) is 0 Å². The van der Waals surface area contributed by atoms with Gasteiger partial charge in [-0.1, -0.05) is 29.8 Å². The minimum atomic E-state index is -0.448. The van der Waals surface area contributed by atoms with Gasteiger partial charge >= 0.3 is 0 Å². The average Bonchev–Trinajstić information content (AvgIpc) is 2.08. The Morgan fingerprint density at radius 1 is 1.62 bits per heavy atom. The van der Waals surface area contributed by atoms with Gasteiger partial charge in [0.25, 0.3) is 0 Å². The predicted molar refractivity (Wildman–Crippen MR) is 53.2 cm³/mol. The summed E-state index contributed by atoms with van der Waals surface area (Å²) in [5.41, 5.74) is 7.23. The van der Waals surface area contributed by atoms with Crippen molar-refractivity contribution >= 4 is 11.6 Å². The second-order valence-corrected chi connectivity index (χ2v) is 3.40. The summed E-state index contributed by atoms with van der Waals surface area (Å²) in [5, 5.41) is 0.109. The van der Waals surface area contributed by atoms with Gasteiger partial charge in [-0.3, -0.25) is 0 Å². The molecule has 0 fully saturated rings. The van der Waals surface area contributed by atoms with Gasteiger partial charge in [0, 0.05) is 0 Å². The molecule has 1 aromatic carbocycles. The molecule has 1 unspecified atom stereocenters. The fraction of sp³-hybridized carbons (Fsp3) is 0.200. The van der Waals surface area contributed by atoms with E-state index in [0.717, 1.165) is 5.57 Å². The molecule has 1 rings (SSSR count). The Hall–Kier alpha value is -0.860. The first kappa shape index (κ1) is 10.2. The molecule has 13 heavy (non-hydrogen) atoms. The molecule has 2 N–H and O–H groups in total. The van der Waals surface area contributed by atoms with Gasteiger partial charge in [-0.25, -0.2) is 4.39 Å². The molecule has 0 aliphatic heterocycles. The van der Waals surface area contributed by atoms with Crippen LogP contribution in [0.4, 0.5) is 4.39 Å². The van der Waals surface area contributed by atoms with Crippen molar-refractivity contribution in [2.45, 2.75) is 13.0 Å². The van der Waals surface area contributed by atoms with Crippen molar-refractivity contribution in [1.29, 1.82) is 0 Å². The number of hydrogen-bond donors (Lipinski definition) is 1. The zero-order chi connectivity index (χ0) is 10.0. The summed E-state index contributed by atoms with van der Waals surface area (Å²) in [6.45, 7) is 5.51. The van der Waals surface area contributed by atoms with E-state index in [1.54, 1.807) is 13.0 Å². The topological polar surface area (TPSA) is 26.0 Å². The van der Waals surface area contributed by atoms with E-state index in [0.29, 0.717) is 5.56 Å². The Kier molecular flexibility index (Phi) is 3.07. The van der Waals surface area contributed by atoms with E-state index in [9.17, 15) is 4.39 Å². The molecule has 0 spiro atoms. The van der Waals surface area contributed by atoms with E-state index in [1.807, 2.05) is 0 Å². The normalized spacial score (nSPS) is 12.6. The van der Waals surface area contributed by atoms with Crippen molar-refractivity contribution in [3.8, 4) is 0 Å². The van der Waals surface area contributed by atoms with Crippen LogP contribution in [0.25, 0.3) is 0 Å². The molecule has 0 saturated carbocycles. The highest BCUT2D eigenvalue weighted by molar-refractivity contribution is 6.30. The third kappa shape index (κ3) is 2.29. The maximum atomic E-state index is 13.0. The fourth-order valence-corrected chi connectivity index (χ4v) is 1.11. The Morgan fingerprint density at radius 2 is 2.23 bits per heavy atom. The standard InChI is InChI=1S/C10H11ClFN/c1-6(2)10(13)7-3-4-8(11)9(12)5-7/h3-5,10H,1,13H2,2H3. The van der Waals surface area contributed by atoms with Gasteiger partial charge in [0.1, 0.15) is 5.82 Å². The van der Waals surface area contributed by atoms with E-state index in [4.69, 9.17) is 17.3 Å². The van der Waals surface area contributed by atoms with Crippen molar-refractivity contribution in [2.24, 2.45) is 5.73 Å². The molecule has 0 radical (unpaired) electrons. The molecule has 1 nitrogen and oxygen atoms in total. The molecule has 0 amide bonds. The quantitative estimate of drug-likeness (QED) is 0.728. The lowest BCUT2D eigenvalue weighted by Crippen LogP contribution is -2.10. The second kappa shape index (κ2) is 3.90. The molecule has 70 valence electrons. The Labute approximate surface area is 82.0 Å². The van der Waals surface area contributed by atoms with Crippen LogP contribution in [0.15, 0.2) is 30.4 Å². The first-order valence-corrected chi connectivity index (χ1v) is 4.26. The summed E-state index contributed by atoms with van der Waals surface area (Å²) in [5.74, 6) is -0.448. The van der Waals surface area contributed by atoms with Gasteiger partial charge in [-0.15, -0.1) is 0 Å². The second-order valence-electron chi connectivity index (χ2n) is 3.00. The largest absolute Gasteiger partial charge is 0.321 e. The van der Waals surface area contributed by atoms with Crippen LogP contribution in [-0.4, -0.2) is 0 Å². The summed E-state index contributed by atoms with van der Waals surface area (Å²) in [6, 6.07) is 4.20. The summed E-state index contributed by atoms with van der Waals surface area (Å²) < 4.78 is 13.0. The molecular weight excluding hydrogens is 189 g/mol. The maximum absolute atomic E-state index is 13.0. The molecule has 0 aliphatic carbocycles. The van der Waals surface area contributed by atoms with Gasteiger partial charge in [-0.05, 0) is 24.6 Å². The van der Waals surface area contributed by atoms with Crippen molar-refractivity contribution in [2.75, 3.05) is 0 Å². The SMILES string of the molecule is C=C(C)C(N)c1ccc(Cl)c(F)c1. The van der Waals surface area contributed by atoms with Crippen LogP contribution in [0, 0.1) is 5.82 Å². The molecule has 3 heteroatoms. The highest BCUT2D eigenvalue weighted by Gasteiger charge is 2.08. The van der Waals surface area contributed by atoms with E-state index in [-0.39, 0.29) is 11.1 Å². The van der Waals surface area contributed by atoms with Crippen molar-refractivity contribution in [3.05, 3.63) is 46.8 Å². The highest BCUT2D eigenvalue weighted by Crippen LogP contribution is 2.22. The molecule has 0 aromatic heterocycles. The molecule has 0 bridgehead atoms. The van der Waals surface area contributed by atoms with Gasteiger partial charge in [0.05, 0.1) is 11.1 Å². The monoisotopic (exact) mass is 199 g/mol. The molecule has 1 atom stereocenters. The third-order valence-corrected chi connectivity index (χ3v) is 2.14. The zero-order valence-electron chi connectivity index (χ0n) is 7.35. The minimum absolute atomic E-state index is 0.109. The van der Waals surface area contributed by atoms with Gasteiger partial charge in [-0.2, -0.15) is 0 Å². The number of rotatable bonds is 2. The summed E-state index contributed by atoms with van der Waals surface area (Å²) in [6.07, 6.45) is 0. The van der Waals surface area contributed by atoms with Crippen LogP contribution < -0.4 is 5.73 Å². The lowest BCUT2D eigenvalue weighted by Gasteiger charge is -2.11. The Morgan fingerprint density at radius 3 is 2.69 bits per heavy atom. The van der Waals surface area contributed by atoms with Crippen LogP contribution in [0.2, 0.25) is 5.02 Å². The summed E-state index contributed by atoms with van der Waals surface area (Å²) in [7, 11) is 0. The van der Waals surface area contributed by atoms with E-state index in [1.165, 1.54) is 12.1 Å².